The van der Waals surface area contributed by atoms with Crippen molar-refractivity contribution in [3.63, 3.8) is 0 Å². The van der Waals surface area contributed by atoms with Gasteiger partial charge in [-0.3, -0.25) is 4.79 Å². The van der Waals surface area contributed by atoms with Gasteiger partial charge in [0.1, 0.15) is 0 Å². The maximum absolute atomic E-state index is 12.2. The number of carbonyl (C=O) groups is 1. The summed E-state index contributed by atoms with van der Waals surface area (Å²) >= 11 is 0. The van der Waals surface area contributed by atoms with Crippen LogP contribution in [0.4, 0.5) is 0 Å². The molecule has 1 unspecified atom stereocenters. The summed E-state index contributed by atoms with van der Waals surface area (Å²) in [6.45, 7) is 1.18. The van der Waals surface area contributed by atoms with E-state index in [1.54, 1.807) is 0 Å². The Morgan fingerprint density at radius 1 is 0.941 bits per heavy atom. The smallest absolute Gasteiger partial charge is 0.232 e. The van der Waals surface area contributed by atoms with Crippen LogP contribution in [0, 0.1) is 11.8 Å². The van der Waals surface area contributed by atoms with E-state index >= 15 is 0 Å². The van der Waals surface area contributed by atoms with Gasteiger partial charge in [-0.15, -0.1) is 0 Å². The van der Waals surface area contributed by atoms with Crippen LogP contribution in [-0.4, -0.2) is 24.8 Å². The Kier molecular flexibility index (Phi) is 3.22. The number of hydrogen-bond acceptors (Lipinski definition) is 3. The molecule has 1 heterocycles. The van der Waals surface area contributed by atoms with Crippen LogP contribution in [0.1, 0.15) is 51.4 Å². The normalized spacial score (nSPS) is 34.4. The van der Waals surface area contributed by atoms with Crippen molar-refractivity contribution in [1.82, 2.24) is 0 Å². The molecule has 0 bridgehead atoms. The van der Waals surface area contributed by atoms with Crippen molar-refractivity contribution in [3.05, 3.63) is 0 Å². The molecule has 0 radical (unpaired) electrons. The zero-order valence-corrected chi connectivity index (χ0v) is 10.5. The molecule has 1 atom stereocenters. The van der Waals surface area contributed by atoms with Crippen molar-refractivity contribution in [1.29, 1.82) is 0 Å². The predicted molar refractivity (Wildman–Crippen MR) is 63.6 cm³/mol. The van der Waals surface area contributed by atoms with E-state index in [4.69, 9.17) is 9.47 Å². The highest BCUT2D eigenvalue weighted by atomic mass is 16.7. The summed E-state index contributed by atoms with van der Waals surface area (Å²) in [6, 6.07) is 0. The van der Waals surface area contributed by atoms with Gasteiger partial charge in [0.2, 0.25) is 5.79 Å². The van der Waals surface area contributed by atoms with Crippen LogP contribution in [0.2, 0.25) is 0 Å². The lowest BCUT2D eigenvalue weighted by molar-refractivity contribution is -0.217. The molecule has 0 N–H and O–H groups in total. The number of rotatable bonds is 1. The minimum Gasteiger partial charge on any atom is -0.341 e. The van der Waals surface area contributed by atoms with Crippen molar-refractivity contribution in [2.24, 2.45) is 11.8 Å². The third-order valence-electron chi connectivity index (χ3n) is 4.73. The third-order valence-corrected chi connectivity index (χ3v) is 4.73. The summed E-state index contributed by atoms with van der Waals surface area (Å²) in [5, 5.41) is 0. The van der Waals surface area contributed by atoms with Crippen molar-refractivity contribution in [2.45, 2.75) is 57.2 Å². The standard InChI is InChI=1S/C14H22O3/c15-13-8-4-7-12(11-5-2-1-3-6-11)14(13)16-9-10-17-14/h11-12H,1-10H2. The zero-order chi connectivity index (χ0) is 11.7. The molecule has 3 fully saturated rings. The second-order valence-electron chi connectivity index (χ2n) is 5.68. The van der Waals surface area contributed by atoms with Gasteiger partial charge in [-0.1, -0.05) is 19.3 Å². The molecule has 3 rings (SSSR count). The molecule has 96 valence electrons. The average molecular weight is 238 g/mol. The zero-order valence-electron chi connectivity index (χ0n) is 10.5. The van der Waals surface area contributed by atoms with Gasteiger partial charge in [-0.2, -0.15) is 0 Å². The Labute approximate surface area is 103 Å². The van der Waals surface area contributed by atoms with E-state index < -0.39 is 5.79 Å². The maximum Gasteiger partial charge on any atom is 0.232 e. The first-order valence-electron chi connectivity index (χ1n) is 7.14. The molecule has 3 aliphatic rings. The monoisotopic (exact) mass is 238 g/mol. The van der Waals surface area contributed by atoms with Crippen LogP contribution in [0.15, 0.2) is 0 Å². The Morgan fingerprint density at radius 3 is 2.35 bits per heavy atom. The first-order valence-corrected chi connectivity index (χ1v) is 7.14. The summed E-state index contributed by atoms with van der Waals surface area (Å²) in [6.07, 6.45) is 9.26. The fourth-order valence-corrected chi connectivity index (χ4v) is 3.94. The summed E-state index contributed by atoms with van der Waals surface area (Å²) in [7, 11) is 0. The van der Waals surface area contributed by atoms with Gasteiger partial charge >= 0.3 is 0 Å². The molecule has 3 heteroatoms. The molecule has 1 aliphatic heterocycles. The minimum absolute atomic E-state index is 0.205. The van der Waals surface area contributed by atoms with Crippen LogP contribution >= 0.6 is 0 Å². The van der Waals surface area contributed by atoms with Crippen LogP contribution in [0.3, 0.4) is 0 Å². The Morgan fingerprint density at radius 2 is 1.65 bits per heavy atom. The van der Waals surface area contributed by atoms with E-state index in [1.807, 2.05) is 0 Å². The van der Waals surface area contributed by atoms with Gasteiger partial charge in [-0.25, -0.2) is 0 Å². The number of Topliss-reactive ketones (excluding diaryl/α,β-unsaturated/α-hetero) is 1. The molecular formula is C14H22O3. The molecule has 0 amide bonds. The SMILES string of the molecule is O=C1CCCC(C2CCCCC2)C12OCCO2. The average Bonchev–Trinajstić information content (AvgIpc) is 2.84. The second-order valence-corrected chi connectivity index (χ2v) is 5.68. The fourth-order valence-electron chi connectivity index (χ4n) is 3.94. The highest BCUT2D eigenvalue weighted by Crippen LogP contribution is 2.46. The van der Waals surface area contributed by atoms with Crippen LogP contribution in [0.5, 0.6) is 0 Å². The lowest BCUT2D eigenvalue weighted by Crippen LogP contribution is -2.52. The minimum atomic E-state index is -0.833. The lowest BCUT2D eigenvalue weighted by Gasteiger charge is -2.43. The molecule has 0 aromatic heterocycles. The van der Waals surface area contributed by atoms with E-state index in [1.165, 1.54) is 32.1 Å². The summed E-state index contributed by atoms with van der Waals surface area (Å²) in [4.78, 5) is 12.2. The molecule has 1 spiro atoms. The highest BCUT2D eigenvalue weighted by molar-refractivity contribution is 5.87. The van der Waals surface area contributed by atoms with Crippen LogP contribution < -0.4 is 0 Å². The van der Waals surface area contributed by atoms with Crippen molar-refractivity contribution < 1.29 is 14.3 Å². The van der Waals surface area contributed by atoms with E-state index in [-0.39, 0.29) is 5.78 Å². The predicted octanol–water partition coefficient (Wildman–Crippen LogP) is 2.68. The van der Waals surface area contributed by atoms with Gasteiger partial charge in [-0.05, 0) is 31.6 Å². The van der Waals surface area contributed by atoms with Gasteiger partial charge in [0, 0.05) is 12.3 Å². The maximum atomic E-state index is 12.2. The van der Waals surface area contributed by atoms with Gasteiger partial charge in [0.05, 0.1) is 13.2 Å². The first kappa shape index (κ1) is 11.7. The quantitative estimate of drug-likeness (QED) is 0.704. The molecular weight excluding hydrogens is 216 g/mol. The highest BCUT2D eigenvalue weighted by Gasteiger charge is 2.54. The topological polar surface area (TPSA) is 35.5 Å². The number of ketones is 1. The summed E-state index contributed by atoms with van der Waals surface area (Å²) < 4.78 is 11.6. The number of hydrogen-bond donors (Lipinski definition) is 0. The van der Waals surface area contributed by atoms with E-state index in [2.05, 4.69) is 0 Å². The van der Waals surface area contributed by atoms with E-state index in [0.29, 0.717) is 31.5 Å². The van der Waals surface area contributed by atoms with Crippen molar-refractivity contribution in [2.75, 3.05) is 13.2 Å². The number of carbonyl (C=O) groups excluding carboxylic acids is 1. The van der Waals surface area contributed by atoms with Crippen LogP contribution in [0.25, 0.3) is 0 Å². The number of ether oxygens (including phenoxy) is 2. The molecule has 0 aromatic rings. The second kappa shape index (κ2) is 4.69. The van der Waals surface area contributed by atoms with E-state index in [9.17, 15) is 4.79 Å². The Balaban J connectivity index is 1.82. The first-order chi connectivity index (χ1) is 8.33. The van der Waals surface area contributed by atoms with Gasteiger partial charge < -0.3 is 9.47 Å². The van der Waals surface area contributed by atoms with E-state index in [0.717, 1.165) is 12.8 Å². The van der Waals surface area contributed by atoms with Crippen molar-refractivity contribution in [3.8, 4) is 0 Å². The van der Waals surface area contributed by atoms with Gasteiger partial charge in [0.15, 0.2) is 5.78 Å². The molecule has 1 saturated heterocycles. The molecule has 2 aliphatic carbocycles. The molecule has 3 nitrogen and oxygen atoms in total. The fraction of sp³-hybridized carbons (Fsp3) is 0.929. The molecule has 2 saturated carbocycles. The summed E-state index contributed by atoms with van der Waals surface area (Å²) in [5.41, 5.74) is 0. The van der Waals surface area contributed by atoms with Gasteiger partial charge in [0.25, 0.3) is 0 Å². The Hall–Kier alpha value is -0.410. The van der Waals surface area contributed by atoms with Crippen LogP contribution in [-0.2, 0) is 14.3 Å². The lowest BCUT2D eigenvalue weighted by atomic mass is 9.69. The van der Waals surface area contributed by atoms with Crippen molar-refractivity contribution >= 4 is 5.78 Å². The molecule has 0 aromatic carbocycles. The Bertz CT molecular complexity index is 288. The third kappa shape index (κ3) is 1.93. The summed E-state index contributed by atoms with van der Waals surface area (Å²) in [5.74, 6) is 0.342. The largest absolute Gasteiger partial charge is 0.341 e. The molecule has 17 heavy (non-hydrogen) atoms.